The molecule has 0 radical (unpaired) electrons. The van der Waals surface area contributed by atoms with Gasteiger partial charge in [0.1, 0.15) is 6.10 Å². The van der Waals surface area contributed by atoms with Crippen molar-refractivity contribution in [1.29, 1.82) is 0 Å². The zero-order chi connectivity index (χ0) is 15.8. The second kappa shape index (κ2) is 5.21. The van der Waals surface area contributed by atoms with E-state index in [4.69, 9.17) is 10.8 Å². The predicted octanol–water partition coefficient (Wildman–Crippen LogP) is 2.88. The summed E-state index contributed by atoms with van der Waals surface area (Å²) < 4.78 is 87.9. The summed E-state index contributed by atoms with van der Waals surface area (Å²) in [6.45, 7) is 0. The first-order chi connectivity index (χ1) is 8.93. The molecular weight excluding hydrogens is 295 g/mol. The molecule has 3 N–H and O–H groups in total. The van der Waals surface area contributed by atoms with Crippen molar-refractivity contribution < 1.29 is 35.8 Å². The Labute approximate surface area is 109 Å². The Morgan fingerprint density at radius 3 is 1.75 bits per heavy atom. The zero-order valence-electron chi connectivity index (χ0n) is 9.71. The number of aliphatic hydroxyl groups excluding tert-OH is 1. The molecule has 2 atom stereocenters. The van der Waals surface area contributed by atoms with Crippen LogP contribution in [0.5, 0.6) is 0 Å². The van der Waals surface area contributed by atoms with Gasteiger partial charge in [-0.25, -0.2) is 0 Å². The minimum Gasteiger partial charge on any atom is -0.385 e. The lowest BCUT2D eigenvalue weighted by molar-refractivity contribution is -0.372. The van der Waals surface area contributed by atoms with E-state index in [-0.39, 0.29) is 5.56 Å². The molecule has 114 valence electrons. The molecule has 1 rings (SSSR count). The minimum atomic E-state index is -6.51. The second-order valence-electron chi connectivity index (χ2n) is 4.08. The lowest BCUT2D eigenvalue weighted by Crippen LogP contribution is -2.60. The molecule has 0 saturated heterocycles. The molecule has 0 amide bonds. The molecule has 1 aromatic rings. The van der Waals surface area contributed by atoms with Gasteiger partial charge in [-0.15, -0.1) is 0 Å². The average molecular weight is 305 g/mol. The topological polar surface area (TPSA) is 46.2 Å². The maximum absolute atomic E-state index is 13.2. The highest BCUT2D eigenvalue weighted by Gasteiger charge is 2.75. The number of hydrogen-bond acceptors (Lipinski definition) is 2. The van der Waals surface area contributed by atoms with E-state index in [0.717, 1.165) is 12.1 Å². The van der Waals surface area contributed by atoms with Crippen LogP contribution < -0.4 is 5.73 Å². The highest BCUT2D eigenvalue weighted by Crippen LogP contribution is 2.49. The van der Waals surface area contributed by atoms with Gasteiger partial charge in [-0.1, -0.05) is 30.3 Å². The van der Waals surface area contributed by atoms with Gasteiger partial charge in [0.25, 0.3) is 0 Å². The molecule has 0 fully saturated rings. The summed E-state index contributed by atoms with van der Waals surface area (Å²) in [6.07, 6.45) is -9.91. The zero-order valence-corrected chi connectivity index (χ0v) is 9.71. The van der Waals surface area contributed by atoms with Gasteiger partial charge in [0, 0.05) is 0 Å². The summed E-state index contributed by atoms with van der Waals surface area (Å²) in [5.74, 6) is -12.2. The van der Waals surface area contributed by atoms with Crippen LogP contribution in [-0.4, -0.2) is 29.2 Å². The highest BCUT2D eigenvalue weighted by atomic mass is 19.4. The fourth-order valence-electron chi connectivity index (χ4n) is 1.46. The van der Waals surface area contributed by atoms with Crippen molar-refractivity contribution in [1.82, 2.24) is 0 Å². The van der Waals surface area contributed by atoms with Crippen LogP contribution in [-0.2, 0) is 0 Å². The average Bonchev–Trinajstić information content (AvgIpc) is 2.36. The van der Waals surface area contributed by atoms with E-state index in [1.54, 1.807) is 0 Å². The Morgan fingerprint density at radius 2 is 1.35 bits per heavy atom. The van der Waals surface area contributed by atoms with Crippen molar-refractivity contribution in [2.24, 2.45) is 5.73 Å². The third kappa shape index (κ3) is 2.73. The quantitative estimate of drug-likeness (QED) is 0.840. The van der Waals surface area contributed by atoms with E-state index in [9.17, 15) is 30.7 Å². The Morgan fingerprint density at radius 1 is 0.900 bits per heavy atom. The number of hydrogen-bond donors (Lipinski definition) is 2. The number of rotatable bonds is 4. The highest BCUT2D eigenvalue weighted by molar-refractivity contribution is 5.21. The monoisotopic (exact) mass is 305 g/mol. The number of halogens is 7. The van der Waals surface area contributed by atoms with Gasteiger partial charge in [-0.2, -0.15) is 30.7 Å². The number of nitrogens with two attached hydrogens (primary N) is 1. The summed E-state index contributed by atoms with van der Waals surface area (Å²) in [7, 11) is 0. The molecular formula is C11H10F7NO. The molecule has 2 unspecified atom stereocenters. The van der Waals surface area contributed by atoms with E-state index in [0.29, 0.717) is 0 Å². The van der Waals surface area contributed by atoms with Gasteiger partial charge in [0.2, 0.25) is 0 Å². The summed E-state index contributed by atoms with van der Waals surface area (Å²) in [5, 5.41) is 9.14. The van der Waals surface area contributed by atoms with Crippen LogP contribution >= 0.6 is 0 Å². The second-order valence-corrected chi connectivity index (χ2v) is 4.08. The Bertz CT molecular complexity index is 446. The third-order valence-electron chi connectivity index (χ3n) is 2.67. The molecule has 0 bridgehead atoms. The van der Waals surface area contributed by atoms with E-state index >= 15 is 0 Å². The Kier molecular flexibility index (Phi) is 4.35. The van der Waals surface area contributed by atoms with Crippen molar-refractivity contribution in [3.63, 3.8) is 0 Å². The van der Waals surface area contributed by atoms with Crippen LogP contribution in [0.4, 0.5) is 30.7 Å². The third-order valence-corrected chi connectivity index (χ3v) is 2.67. The molecule has 0 spiro atoms. The fraction of sp³-hybridized carbons (Fsp3) is 0.455. The maximum atomic E-state index is 13.2. The molecule has 1 aromatic carbocycles. The molecule has 2 nitrogen and oxygen atoms in total. The summed E-state index contributed by atoms with van der Waals surface area (Å²) in [4.78, 5) is 0. The number of aliphatic hydroxyl groups is 1. The fourth-order valence-corrected chi connectivity index (χ4v) is 1.46. The molecule has 0 aliphatic heterocycles. The van der Waals surface area contributed by atoms with Gasteiger partial charge in [-0.3, -0.25) is 0 Å². The van der Waals surface area contributed by atoms with Crippen LogP contribution in [0, 0.1) is 0 Å². The van der Waals surface area contributed by atoms with Crippen LogP contribution in [0.25, 0.3) is 0 Å². The van der Waals surface area contributed by atoms with Gasteiger partial charge in [-0.05, 0) is 5.56 Å². The van der Waals surface area contributed by atoms with Crippen molar-refractivity contribution in [2.75, 3.05) is 0 Å². The largest absolute Gasteiger partial charge is 0.459 e. The van der Waals surface area contributed by atoms with E-state index in [1.807, 2.05) is 0 Å². The summed E-state index contributed by atoms with van der Waals surface area (Å²) >= 11 is 0. The molecule has 0 saturated carbocycles. The predicted molar refractivity (Wildman–Crippen MR) is 55.3 cm³/mol. The summed E-state index contributed by atoms with van der Waals surface area (Å²) in [5.41, 5.74) is 4.94. The number of benzene rings is 1. The number of alkyl halides is 7. The smallest absolute Gasteiger partial charge is 0.385 e. The molecule has 9 heteroatoms. The molecule has 0 heterocycles. The van der Waals surface area contributed by atoms with Gasteiger partial charge >= 0.3 is 18.0 Å². The molecule has 0 aromatic heterocycles. The van der Waals surface area contributed by atoms with Crippen molar-refractivity contribution >= 4 is 0 Å². The molecule has 20 heavy (non-hydrogen) atoms. The van der Waals surface area contributed by atoms with Gasteiger partial charge in [0.15, 0.2) is 0 Å². The van der Waals surface area contributed by atoms with Crippen molar-refractivity contribution in [2.45, 2.75) is 30.2 Å². The van der Waals surface area contributed by atoms with Crippen molar-refractivity contribution in [3.05, 3.63) is 35.9 Å². The first kappa shape index (κ1) is 16.7. The lowest BCUT2D eigenvalue weighted by Gasteiger charge is -2.34. The first-order valence-corrected chi connectivity index (χ1v) is 5.24. The summed E-state index contributed by atoms with van der Waals surface area (Å²) in [6, 6.07) is 4.21. The van der Waals surface area contributed by atoms with Crippen LogP contribution in [0.1, 0.15) is 11.6 Å². The lowest BCUT2D eigenvalue weighted by atomic mass is 9.94. The first-order valence-electron chi connectivity index (χ1n) is 5.24. The van der Waals surface area contributed by atoms with E-state index < -0.39 is 30.2 Å². The SMILES string of the molecule is NC(c1ccccc1)C(O)C(F)(F)C(F)(F)C(F)(F)F. The Balaban J connectivity index is 3.09. The van der Waals surface area contributed by atoms with Crippen LogP contribution in [0.3, 0.4) is 0 Å². The van der Waals surface area contributed by atoms with Gasteiger partial charge in [0.05, 0.1) is 6.04 Å². The molecule has 0 aliphatic carbocycles. The van der Waals surface area contributed by atoms with E-state index in [2.05, 4.69) is 0 Å². The normalized spacial score (nSPS) is 16.9. The molecule has 0 aliphatic rings. The van der Waals surface area contributed by atoms with Crippen molar-refractivity contribution in [3.8, 4) is 0 Å². The van der Waals surface area contributed by atoms with Gasteiger partial charge < -0.3 is 10.8 Å². The van der Waals surface area contributed by atoms with Crippen LogP contribution in [0.15, 0.2) is 30.3 Å². The van der Waals surface area contributed by atoms with Crippen LogP contribution in [0.2, 0.25) is 0 Å². The minimum absolute atomic E-state index is 0.197. The standard InChI is InChI=1S/C11H10F7NO/c12-9(13,10(14,15)11(16,17)18)8(20)7(19)6-4-2-1-3-5-6/h1-5,7-8,20H,19H2. The van der Waals surface area contributed by atoms with E-state index in [1.165, 1.54) is 18.2 Å². The maximum Gasteiger partial charge on any atom is 0.459 e. The Hall–Kier alpha value is -1.35.